The van der Waals surface area contributed by atoms with E-state index in [2.05, 4.69) is 36.4 Å². The van der Waals surface area contributed by atoms with E-state index < -0.39 is 11.5 Å². The molecule has 0 spiro atoms. The highest BCUT2D eigenvalue weighted by Crippen LogP contribution is 2.29. The van der Waals surface area contributed by atoms with Gasteiger partial charge in [0.2, 0.25) is 0 Å². The minimum atomic E-state index is -1.12. The van der Waals surface area contributed by atoms with Gasteiger partial charge in [-0.1, -0.05) is 57.2 Å². The van der Waals surface area contributed by atoms with Crippen molar-refractivity contribution in [1.82, 2.24) is 9.55 Å². The fourth-order valence-corrected chi connectivity index (χ4v) is 4.09. The van der Waals surface area contributed by atoms with Crippen molar-refractivity contribution in [3.05, 3.63) is 106 Å². The number of carbonyl (C=O) groups is 2. The van der Waals surface area contributed by atoms with E-state index in [1.54, 1.807) is 37.5 Å². The number of amides is 1. The van der Waals surface area contributed by atoms with Crippen LogP contribution in [0.5, 0.6) is 0 Å². The molecule has 3 N–H and O–H groups in total. The molecular formula is C30H30N4O4. The van der Waals surface area contributed by atoms with Crippen LogP contribution in [0.2, 0.25) is 0 Å². The molecule has 4 rings (SSSR count). The molecule has 194 valence electrons. The smallest absolute Gasteiger partial charge is 0.337 e. The summed E-state index contributed by atoms with van der Waals surface area (Å²) in [6.07, 6.45) is 1.61. The molecule has 8 nitrogen and oxygen atoms in total. The number of benzene rings is 3. The van der Waals surface area contributed by atoms with Crippen molar-refractivity contribution >= 4 is 29.1 Å². The van der Waals surface area contributed by atoms with E-state index in [0.29, 0.717) is 16.9 Å². The van der Waals surface area contributed by atoms with Crippen molar-refractivity contribution in [3.8, 4) is 11.3 Å². The molecule has 0 aliphatic heterocycles. The highest BCUT2D eigenvalue weighted by molar-refractivity contribution is 6.05. The highest BCUT2D eigenvalue weighted by atomic mass is 16.4. The van der Waals surface area contributed by atoms with Crippen molar-refractivity contribution in [3.63, 3.8) is 0 Å². The summed E-state index contributed by atoms with van der Waals surface area (Å²) in [5.41, 5.74) is 4.16. The number of aryl methyl sites for hydroxylation is 1. The van der Waals surface area contributed by atoms with E-state index in [1.807, 2.05) is 43.3 Å². The molecule has 0 radical (unpaired) electrons. The minimum absolute atomic E-state index is 0.00782. The molecular weight excluding hydrogens is 480 g/mol. The van der Waals surface area contributed by atoms with Gasteiger partial charge in [-0.15, -0.1) is 0 Å². The molecule has 0 fully saturated rings. The Hall–Kier alpha value is -4.72. The number of carboxylic acids is 1. The van der Waals surface area contributed by atoms with Crippen LogP contribution in [0.25, 0.3) is 11.3 Å². The predicted octanol–water partition coefficient (Wildman–Crippen LogP) is 5.75. The van der Waals surface area contributed by atoms with Crippen LogP contribution in [0.15, 0.2) is 77.7 Å². The number of aromatic nitrogens is 2. The molecule has 0 atom stereocenters. The van der Waals surface area contributed by atoms with Gasteiger partial charge in [0.1, 0.15) is 0 Å². The first kappa shape index (κ1) is 26.3. The van der Waals surface area contributed by atoms with Gasteiger partial charge in [0.25, 0.3) is 11.5 Å². The Kier molecular flexibility index (Phi) is 7.17. The quantitative estimate of drug-likeness (QED) is 0.305. The molecule has 8 heteroatoms. The van der Waals surface area contributed by atoms with Gasteiger partial charge in [0.05, 0.1) is 16.9 Å². The summed E-state index contributed by atoms with van der Waals surface area (Å²) in [6.45, 7) is 8.23. The van der Waals surface area contributed by atoms with E-state index in [9.17, 15) is 19.5 Å². The van der Waals surface area contributed by atoms with Crippen molar-refractivity contribution in [2.45, 2.75) is 33.1 Å². The van der Waals surface area contributed by atoms with Crippen LogP contribution in [0.3, 0.4) is 0 Å². The molecule has 0 saturated carbocycles. The Labute approximate surface area is 221 Å². The number of anilines is 3. The zero-order valence-corrected chi connectivity index (χ0v) is 22.0. The number of carbonyl (C=O) groups excluding carboxylic acids is 1. The number of rotatable bonds is 6. The number of aromatic carboxylic acids is 1. The van der Waals surface area contributed by atoms with Gasteiger partial charge in [0, 0.05) is 30.1 Å². The number of hydrogen-bond donors (Lipinski definition) is 3. The molecule has 0 bridgehead atoms. The molecule has 1 amide bonds. The monoisotopic (exact) mass is 510 g/mol. The lowest BCUT2D eigenvalue weighted by Gasteiger charge is -2.19. The third-order valence-electron chi connectivity index (χ3n) is 6.35. The molecule has 3 aromatic carbocycles. The molecule has 38 heavy (non-hydrogen) atoms. The van der Waals surface area contributed by atoms with Gasteiger partial charge in [0.15, 0.2) is 5.82 Å². The Bertz CT molecular complexity index is 1580. The fraction of sp³-hybridized carbons (Fsp3) is 0.200. The van der Waals surface area contributed by atoms with Crippen LogP contribution in [0.1, 0.15) is 52.6 Å². The number of nitrogens with zero attached hydrogens (tertiary/aromatic N) is 2. The minimum Gasteiger partial charge on any atom is -0.478 e. The lowest BCUT2D eigenvalue weighted by atomic mass is 9.86. The molecule has 0 unspecified atom stereocenters. The standard InChI is InChI=1S/C30H30N4O4/c1-18-21(10-8-12-23(18)33-27(35)19-13-15-20(16-14-19)30(2,3)4)25-17-34(5)28(36)26(32-25)31-24-11-7-6-9-22(24)29(37)38/h6-17H,1-5H3,(H,31,32)(H,33,35)(H,37,38). The van der Waals surface area contributed by atoms with Gasteiger partial charge >= 0.3 is 5.97 Å². The van der Waals surface area contributed by atoms with Gasteiger partial charge < -0.3 is 20.3 Å². The number of nitrogens with one attached hydrogen (secondary N) is 2. The summed E-state index contributed by atoms with van der Waals surface area (Å²) in [4.78, 5) is 41.9. The lowest BCUT2D eigenvalue weighted by Crippen LogP contribution is -2.22. The Morgan fingerprint density at radius 2 is 1.58 bits per heavy atom. The average molecular weight is 511 g/mol. The predicted molar refractivity (Wildman–Crippen MR) is 149 cm³/mol. The van der Waals surface area contributed by atoms with E-state index in [4.69, 9.17) is 0 Å². The number of carboxylic acid groups (broad SMARTS) is 1. The van der Waals surface area contributed by atoms with Crippen molar-refractivity contribution < 1.29 is 14.7 Å². The summed E-state index contributed by atoms with van der Waals surface area (Å²) in [7, 11) is 1.60. The van der Waals surface area contributed by atoms with Gasteiger partial charge in [-0.2, -0.15) is 0 Å². The highest BCUT2D eigenvalue weighted by Gasteiger charge is 2.17. The molecule has 1 heterocycles. The normalized spacial score (nSPS) is 11.2. The van der Waals surface area contributed by atoms with Gasteiger partial charge in [-0.25, -0.2) is 9.78 Å². The largest absolute Gasteiger partial charge is 0.478 e. The van der Waals surface area contributed by atoms with Crippen LogP contribution in [0, 0.1) is 6.92 Å². The second-order valence-corrected chi connectivity index (χ2v) is 10.1. The topological polar surface area (TPSA) is 113 Å². The zero-order chi connectivity index (χ0) is 27.6. The fourth-order valence-electron chi connectivity index (χ4n) is 4.09. The first-order chi connectivity index (χ1) is 18.0. The molecule has 0 saturated heterocycles. The van der Waals surface area contributed by atoms with Crippen LogP contribution < -0.4 is 16.2 Å². The molecule has 4 aromatic rings. The van der Waals surface area contributed by atoms with E-state index >= 15 is 0 Å². The Morgan fingerprint density at radius 1 is 0.921 bits per heavy atom. The van der Waals surface area contributed by atoms with Crippen LogP contribution in [-0.2, 0) is 12.5 Å². The Morgan fingerprint density at radius 3 is 2.24 bits per heavy atom. The summed E-state index contributed by atoms with van der Waals surface area (Å²) in [5.74, 6) is -1.35. The summed E-state index contributed by atoms with van der Waals surface area (Å²) < 4.78 is 1.38. The van der Waals surface area contributed by atoms with Crippen LogP contribution in [0.4, 0.5) is 17.2 Å². The van der Waals surface area contributed by atoms with Crippen LogP contribution in [-0.4, -0.2) is 26.5 Å². The van der Waals surface area contributed by atoms with E-state index in [-0.39, 0.29) is 28.4 Å². The lowest BCUT2D eigenvalue weighted by molar-refractivity contribution is 0.0697. The van der Waals surface area contributed by atoms with E-state index in [0.717, 1.165) is 16.7 Å². The average Bonchev–Trinajstić information content (AvgIpc) is 2.87. The summed E-state index contributed by atoms with van der Waals surface area (Å²) >= 11 is 0. The Balaban J connectivity index is 1.66. The first-order valence-corrected chi connectivity index (χ1v) is 12.1. The van der Waals surface area contributed by atoms with Gasteiger partial charge in [-0.05, 0) is 53.8 Å². The maximum absolute atomic E-state index is 13.0. The summed E-state index contributed by atoms with van der Waals surface area (Å²) in [5, 5.41) is 15.4. The molecule has 0 aliphatic rings. The van der Waals surface area contributed by atoms with Crippen molar-refractivity contribution in [1.29, 1.82) is 0 Å². The molecule has 1 aromatic heterocycles. The third kappa shape index (κ3) is 5.49. The SMILES string of the molecule is Cc1c(NC(=O)c2ccc(C(C)(C)C)cc2)cccc1-c1cn(C)c(=O)c(Nc2ccccc2C(=O)O)n1. The second-order valence-electron chi connectivity index (χ2n) is 10.1. The molecule has 0 aliphatic carbocycles. The first-order valence-electron chi connectivity index (χ1n) is 12.1. The van der Waals surface area contributed by atoms with Crippen molar-refractivity contribution in [2.75, 3.05) is 10.6 Å². The maximum atomic E-state index is 13.0. The maximum Gasteiger partial charge on any atom is 0.337 e. The van der Waals surface area contributed by atoms with Crippen LogP contribution >= 0.6 is 0 Å². The number of para-hydroxylation sites is 1. The van der Waals surface area contributed by atoms with Gasteiger partial charge in [-0.3, -0.25) is 9.59 Å². The van der Waals surface area contributed by atoms with E-state index in [1.165, 1.54) is 10.6 Å². The number of hydrogen-bond acceptors (Lipinski definition) is 5. The summed E-state index contributed by atoms with van der Waals surface area (Å²) in [6, 6.07) is 19.3. The van der Waals surface area contributed by atoms with Crippen molar-refractivity contribution in [2.24, 2.45) is 7.05 Å². The third-order valence-corrected chi connectivity index (χ3v) is 6.35. The zero-order valence-electron chi connectivity index (χ0n) is 22.0. The second kappa shape index (κ2) is 10.3.